The Morgan fingerprint density at radius 2 is 1.91 bits per heavy atom. The molecule has 0 atom stereocenters. The molecule has 0 bridgehead atoms. The Labute approximate surface area is 136 Å². The van der Waals surface area contributed by atoms with E-state index in [1.165, 1.54) is 25.4 Å². The molecular weight excluding hydrogens is 314 g/mol. The van der Waals surface area contributed by atoms with Crippen LogP contribution < -0.4 is 5.32 Å². The van der Waals surface area contributed by atoms with Gasteiger partial charge in [0.1, 0.15) is 0 Å². The van der Waals surface area contributed by atoms with Gasteiger partial charge in [-0.2, -0.15) is 4.98 Å². The lowest BCUT2D eigenvalue weighted by molar-refractivity contribution is -0.114. The van der Waals surface area contributed by atoms with Crippen LogP contribution in [0.2, 0.25) is 0 Å². The van der Waals surface area contributed by atoms with Gasteiger partial charge in [-0.25, -0.2) is 9.78 Å². The highest BCUT2D eigenvalue weighted by Gasteiger charge is 2.18. The third-order valence-corrected chi connectivity index (χ3v) is 4.11. The van der Waals surface area contributed by atoms with Crippen LogP contribution in [-0.2, 0) is 9.53 Å². The van der Waals surface area contributed by atoms with E-state index in [-0.39, 0.29) is 5.91 Å². The van der Waals surface area contributed by atoms with Crippen LogP contribution >= 0.6 is 11.3 Å². The van der Waals surface area contributed by atoms with Crippen molar-refractivity contribution in [3.8, 4) is 11.3 Å². The van der Waals surface area contributed by atoms with Gasteiger partial charge in [0.25, 0.3) is 0 Å². The second kappa shape index (κ2) is 6.13. The van der Waals surface area contributed by atoms with Crippen LogP contribution in [-0.4, -0.2) is 29.0 Å². The van der Waals surface area contributed by atoms with Crippen LogP contribution in [0.5, 0.6) is 0 Å². The highest BCUT2D eigenvalue weighted by atomic mass is 32.1. The molecule has 2 heterocycles. The maximum Gasteiger partial charge on any atom is 0.339 e. The number of pyridine rings is 1. The monoisotopic (exact) mass is 327 g/mol. The molecule has 1 amide bonds. The molecule has 0 aliphatic heterocycles. The molecule has 23 heavy (non-hydrogen) atoms. The number of aromatic nitrogens is 2. The van der Waals surface area contributed by atoms with Gasteiger partial charge in [-0.15, -0.1) is 0 Å². The first-order valence-corrected chi connectivity index (χ1v) is 7.63. The molecule has 1 N–H and O–H groups in total. The number of hydrogen-bond donors (Lipinski definition) is 1. The minimum Gasteiger partial charge on any atom is -0.465 e. The highest BCUT2D eigenvalue weighted by Crippen LogP contribution is 2.31. The fourth-order valence-electron chi connectivity index (χ4n) is 2.13. The minimum absolute atomic E-state index is 0.230. The van der Waals surface area contributed by atoms with Crippen molar-refractivity contribution in [1.82, 2.24) is 9.97 Å². The van der Waals surface area contributed by atoms with Gasteiger partial charge < -0.3 is 10.1 Å². The highest BCUT2D eigenvalue weighted by molar-refractivity contribution is 7.22. The Morgan fingerprint density at radius 3 is 2.57 bits per heavy atom. The normalized spacial score (nSPS) is 10.5. The summed E-state index contributed by atoms with van der Waals surface area (Å²) < 4.78 is 5.43. The average molecular weight is 327 g/mol. The molecule has 0 unspecified atom stereocenters. The first-order chi connectivity index (χ1) is 11.1. The minimum atomic E-state index is -0.465. The predicted molar refractivity (Wildman–Crippen MR) is 88.5 cm³/mol. The summed E-state index contributed by atoms with van der Waals surface area (Å²) >= 11 is 1.19. The molecule has 0 saturated heterocycles. The van der Waals surface area contributed by atoms with Gasteiger partial charge in [0.2, 0.25) is 5.91 Å². The zero-order valence-electron chi connectivity index (χ0n) is 12.5. The number of nitrogens with zero attached hydrogens (tertiary/aromatic N) is 2. The lowest BCUT2D eigenvalue weighted by Gasteiger charge is -2.04. The van der Waals surface area contributed by atoms with Gasteiger partial charge in [-0.05, 0) is 6.07 Å². The number of nitrogens with one attached hydrogen (secondary N) is 1. The van der Waals surface area contributed by atoms with E-state index in [0.717, 1.165) is 5.56 Å². The van der Waals surface area contributed by atoms with Crippen molar-refractivity contribution >= 4 is 38.7 Å². The summed E-state index contributed by atoms with van der Waals surface area (Å²) in [4.78, 5) is 32.1. The maximum absolute atomic E-state index is 12.1. The van der Waals surface area contributed by atoms with E-state index in [1.54, 1.807) is 6.07 Å². The molecule has 0 aliphatic carbocycles. The zero-order valence-corrected chi connectivity index (χ0v) is 13.3. The van der Waals surface area contributed by atoms with Crippen molar-refractivity contribution in [3.05, 3.63) is 42.0 Å². The predicted octanol–water partition coefficient (Wildman–Crippen LogP) is 3.10. The third kappa shape index (κ3) is 3.04. The largest absolute Gasteiger partial charge is 0.465 e. The molecule has 116 valence electrons. The van der Waals surface area contributed by atoms with E-state index in [1.807, 2.05) is 30.3 Å². The fourth-order valence-corrected chi connectivity index (χ4v) is 3.09. The number of amides is 1. The van der Waals surface area contributed by atoms with Crippen LogP contribution in [0.15, 0.2) is 36.4 Å². The van der Waals surface area contributed by atoms with E-state index >= 15 is 0 Å². The summed E-state index contributed by atoms with van der Waals surface area (Å²) in [5.74, 6) is -0.695. The lowest BCUT2D eigenvalue weighted by Crippen LogP contribution is -2.04. The van der Waals surface area contributed by atoms with Crippen molar-refractivity contribution in [1.29, 1.82) is 0 Å². The number of esters is 1. The lowest BCUT2D eigenvalue weighted by atomic mass is 10.1. The molecule has 0 aliphatic rings. The SMILES string of the molecule is COC(=O)c1cc(-c2ccccc2)nc2nc(NC(C)=O)sc12. The van der Waals surface area contributed by atoms with E-state index < -0.39 is 5.97 Å². The second-order valence-electron chi connectivity index (χ2n) is 4.77. The Kier molecular flexibility index (Phi) is 4.03. The van der Waals surface area contributed by atoms with Gasteiger partial charge in [0, 0.05) is 12.5 Å². The first-order valence-electron chi connectivity index (χ1n) is 6.81. The average Bonchev–Trinajstić information content (AvgIpc) is 2.95. The number of fused-ring (bicyclic) bond motifs is 1. The Morgan fingerprint density at radius 1 is 1.17 bits per heavy atom. The molecular formula is C16H13N3O3S. The van der Waals surface area contributed by atoms with Gasteiger partial charge in [-0.3, -0.25) is 4.79 Å². The molecule has 0 spiro atoms. The summed E-state index contributed by atoms with van der Waals surface area (Å²) in [7, 11) is 1.33. The Hall–Kier alpha value is -2.80. The van der Waals surface area contributed by atoms with Crippen LogP contribution in [0, 0.1) is 0 Å². The van der Waals surface area contributed by atoms with Crippen molar-refractivity contribution in [2.75, 3.05) is 12.4 Å². The molecule has 7 heteroatoms. The molecule has 6 nitrogen and oxygen atoms in total. The van der Waals surface area contributed by atoms with Gasteiger partial charge in [0.05, 0.1) is 23.1 Å². The molecule has 2 aromatic heterocycles. The zero-order chi connectivity index (χ0) is 16.4. The fraction of sp³-hybridized carbons (Fsp3) is 0.125. The molecule has 3 aromatic rings. The number of carbonyl (C=O) groups is 2. The van der Waals surface area contributed by atoms with Crippen molar-refractivity contribution in [3.63, 3.8) is 0 Å². The third-order valence-electron chi connectivity index (χ3n) is 3.12. The summed E-state index contributed by atoms with van der Waals surface area (Å²) in [6, 6.07) is 11.2. The number of methoxy groups -OCH3 is 1. The van der Waals surface area contributed by atoms with Gasteiger partial charge in [0.15, 0.2) is 10.8 Å². The Bertz CT molecular complexity index is 890. The maximum atomic E-state index is 12.1. The van der Waals surface area contributed by atoms with Gasteiger partial charge in [-0.1, -0.05) is 41.7 Å². The summed E-state index contributed by atoms with van der Waals surface area (Å²) in [6.07, 6.45) is 0. The van der Waals surface area contributed by atoms with E-state index in [0.29, 0.717) is 26.7 Å². The summed E-state index contributed by atoms with van der Waals surface area (Å²) in [5, 5.41) is 3.01. The van der Waals surface area contributed by atoms with E-state index in [2.05, 4.69) is 15.3 Å². The van der Waals surface area contributed by atoms with Crippen molar-refractivity contribution < 1.29 is 14.3 Å². The summed E-state index contributed by atoms with van der Waals surface area (Å²) in [6.45, 7) is 1.40. The van der Waals surface area contributed by atoms with E-state index in [4.69, 9.17) is 4.74 Å². The Balaban J connectivity index is 2.20. The number of rotatable bonds is 3. The second-order valence-corrected chi connectivity index (χ2v) is 5.76. The van der Waals surface area contributed by atoms with Crippen LogP contribution in [0.3, 0.4) is 0 Å². The molecule has 1 aromatic carbocycles. The number of anilines is 1. The number of ether oxygens (including phenoxy) is 1. The number of thiazole rings is 1. The quantitative estimate of drug-likeness (QED) is 0.748. The number of carbonyl (C=O) groups excluding carboxylic acids is 2. The topological polar surface area (TPSA) is 81.2 Å². The molecule has 0 fully saturated rings. The van der Waals surface area contributed by atoms with Crippen molar-refractivity contribution in [2.24, 2.45) is 0 Å². The molecule has 0 saturated carbocycles. The standard InChI is InChI=1S/C16H13N3O3S/c1-9(20)17-16-19-14-13(23-16)11(15(21)22-2)8-12(18-14)10-6-4-3-5-7-10/h3-8H,1-2H3,(H,17,18,19,20). The van der Waals surface area contributed by atoms with Crippen LogP contribution in [0.1, 0.15) is 17.3 Å². The van der Waals surface area contributed by atoms with Crippen molar-refractivity contribution in [2.45, 2.75) is 6.92 Å². The summed E-state index contributed by atoms with van der Waals surface area (Å²) in [5.41, 5.74) is 2.28. The van der Waals surface area contributed by atoms with Crippen LogP contribution in [0.4, 0.5) is 5.13 Å². The van der Waals surface area contributed by atoms with E-state index in [9.17, 15) is 9.59 Å². The number of hydrogen-bond acceptors (Lipinski definition) is 6. The number of benzene rings is 1. The smallest absolute Gasteiger partial charge is 0.339 e. The molecule has 3 rings (SSSR count). The first kappa shape index (κ1) is 15.1. The molecule has 0 radical (unpaired) electrons. The van der Waals surface area contributed by atoms with Gasteiger partial charge >= 0.3 is 5.97 Å². The van der Waals surface area contributed by atoms with Crippen LogP contribution in [0.25, 0.3) is 21.6 Å².